The van der Waals surface area contributed by atoms with Gasteiger partial charge in [-0.05, 0) is 58.7 Å². The Bertz CT molecular complexity index is 691. The third-order valence-corrected chi connectivity index (χ3v) is 6.09. The molecule has 2 aliphatic heterocycles. The van der Waals surface area contributed by atoms with Gasteiger partial charge in [0.05, 0.1) is 10.6 Å². The van der Waals surface area contributed by atoms with Crippen molar-refractivity contribution in [1.82, 2.24) is 14.8 Å². The van der Waals surface area contributed by atoms with Crippen LogP contribution in [-0.4, -0.2) is 29.1 Å². The monoisotopic (exact) mass is 379 g/mol. The van der Waals surface area contributed by atoms with Crippen molar-refractivity contribution in [1.29, 1.82) is 0 Å². The number of hydrogen-bond acceptors (Lipinski definition) is 2. The first kappa shape index (κ1) is 14.8. The third-order valence-electron chi connectivity index (χ3n) is 4.86. The number of benzene rings is 1. The smallest absolute Gasteiger partial charge is 0.0705 e. The number of halogens is 2. The Morgan fingerprint density at radius 3 is 3.00 bits per heavy atom. The van der Waals surface area contributed by atoms with Crippen molar-refractivity contribution >= 4 is 27.5 Å². The minimum absolute atomic E-state index is 0.218. The largest absolute Gasteiger partial charge is 0.342 e. The van der Waals surface area contributed by atoms with Gasteiger partial charge in [-0.1, -0.05) is 17.7 Å². The first-order valence-electron chi connectivity index (χ1n) is 7.70. The third kappa shape index (κ3) is 2.52. The molecule has 2 aliphatic rings. The Labute approximate surface area is 144 Å². The van der Waals surface area contributed by atoms with Gasteiger partial charge in [-0.3, -0.25) is 4.90 Å². The van der Waals surface area contributed by atoms with Crippen LogP contribution in [0.25, 0.3) is 0 Å². The van der Waals surface area contributed by atoms with Gasteiger partial charge >= 0.3 is 0 Å². The second-order valence-corrected chi connectivity index (χ2v) is 7.68. The molecule has 3 heterocycles. The van der Waals surface area contributed by atoms with Crippen LogP contribution in [0.5, 0.6) is 0 Å². The molecule has 0 saturated carbocycles. The Morgan fingerprint density at radius 2 is 2.23 bits per heavy atom. The zero-order valence-corrected chi connectivity index (χ0v) is 14.7. The predicted octanol–water partition coefficient (Wildman–Crippen LogP) is 3.61. The van der Waals surface area contributed by atoms with Crippen molar-refractivity contribution in [3.63, 3.8) is 0 Å². The highest BCUT2D eigenvalue weighted by molar-refractivity contribution is 9.10. The second-order valence-electron chi connectivity index (χ2n) is 6.41. The summed E-state index contributed by atoms with van der Waals surface area (Å²) in [6.45, 7) is 5.21. The summed E-state index contributed by atoms with van der Waals surface area (Å²) < 4.78 is 3.46. The number of fused-ring (bicyclic) bond motifs is 2. The first-order chi connectivity index (χ1) is 10.7. The van der Waals surface area contributed by atoms with Gasteiger partial charge in [-0.15, -0.1) is 0 Å². The van der Waals surface area contributed by atoms with Crippen LogP contribution in [0.15, 0.2) is 41.0 Å². The summed E-state index contributed by atoms with van der Waals surface area (Å²) in [5, 5.41) is 4.33. The molecular formula is C17H19BrClN3. The Balaban J connectivity index is 1.60. The van der Waals surface area contributed by atoms with E-state index in [2.05, 4.69) is 61.2 Å². The SMILES string of the molecule is Clc1cc(CN2Cc3cccn3C3(CCNC3)C2)ccc1Br. The van der Waals surface area contributed by atoms with Crippen molar-refractivity contribution in [3.8, 4) is 0 Å². The zero-order chi connectivity index (χ0) is 15.2. The molecule has 0 bridgehead atoms. The van der Waals surface area contributed by atoms with E-state index in [0.29, 0.717) is 0 Å². The quantitative estimate of drug-likeness (QED) is 0.859. The molecule has 22 heavy (non-hydrogen) atoms. The summed E-state index contributed by atoms with van der Waals surface area (Å²) in [5.41, 5.74) is 2.91. The minimum atomic E-state index is 0.218. The summed E-state index contributed by atoms with van der Waals surface area (Å²) >= 11 is 9.70. The summed E-state index contributed by atoms with van der Waals surface area (Å²) in [7, 11) is 0. The molecule has 0 amide bonds. The fourth-order valence-corrected chi connectivity index (χ4v) is 4.31. The molecule has 1 fully saturated rings. The van der Waals surface area contributed by atoms with Gasteiger partial charge in [-0.2, -0.15) is 0 Å². The fourth-order valence-electron chi connectivity index (χ4n) is 3.86. The maximum Gasteiger partial charge on any atom is 0.0705 e. The first-order valence-corrected chi connectivity index (χ1v) is 8.87. The zero-order valence-electron chi connectivity index (χ0n) is 12.4. The average Bonchev–Trinajstić information content (AvgIpc) is 3.13. The van der Waals surface area contributed by atoms with E-state index in [4.69, 9.17) is 11.6 Å². The molecule has 4 rings (SSSR count). The predicted molar refractivity (Wildman–Crippen MR) is 93.2 cm³/mol. The van der Waals surface area contributed by atoms with Crippen LogP contribution in [0.4, 0.5) is 0 Å². The summed E-state index contributed by atoms with van der Waals surface area (Å²) in [6.07, 6.45) is 3.45. The number of aromatic nitrogens is 1. The van der Waals surface area contributed by atoms with Gasteiger partial charge in [0.25, 0.3) is 0 Å². The van der Waals surface area contributed by atoms with E-state index < -0.39 is 0 Å². The molecule has 0 aliphatic carbocycles. The Hall–Kier alpha value is -0.810. The molecule has 3 nitrogen and oxygen atoms in total. The van der Waals surface area contributed by atoms with Crippen molar-refractivity contribution in [2.75, 3.05) is 19.6 Å². The lowest BCUT2D eigenvalue weighted by molar-refractivity contribution is 0.114. The van der Waals surface area contributed by atoms with Crippen LogP contribution in [0.2, 0.25) is 5.02 Å². The van der Waals surface area contributed by atoms with Crippen molar-refractivity contribution in [2.45, 2.75) is 25.0 Å². The lowest BCUT2D eigenvalue weighted by Gasteiger charge is -2.42. The Morgan fingerprint density at radius 1 is 1.32 bits per heavy atom. The van der Waals surface area contributed by atoms with Crippen LogP contribution in [0.3, 0.4) is 0 Å². The molecule has 5 heteroatoms. The van der Waals surface area contributed by atoms with Gasteiger partial charge in [-0.25, -0.2) is 0 Å². The molecule has 1 atom stereocenters. The second kappa shape index (κ2) is 5.68. The van der Waals surface area contributed by atoms with E-state index in [-0.39, 0.29) is 5.54 Å². The lowest BCUT2D eigenvalue weighted by Crippen LogP contribution is -2.50. The van der Waals surface area contributed by atoms with E-state index in [1.807, 2.05) is 6.07 Å². The highest BCUT2D eigenvalue weighted by Gasteiger charge is 2.41. The van der Waals surface area contributed by atoms with Gasteiger partial charge < -0.3 is 9.88 Å². The van der Waals surface area contributed by atoms with Crippen LogP contribution in [-0.2, 0) is 18.6 Å². The number of hydrogen-bond donors (Lipinski definition) is 1. The van der Waals surface area contributed by atoms with E-state index >= 15 is 0 Å². The maximum absolute atomic E-state index is 6.24. The van der Waals surface area contributed by atoms with Gasteiger partial charge in [0.1, 0.15) is 0 Å². The van der Waals surface area contributed by atoms with Gasteiger partial charge in [0.15, 0.2) is 0 Å². The average molecular weight is 381 g/mol. The molecule has 0 radical (unpaired) electrons. The van der Waals surface area contributed by atoms with E-state index in [1.54, 1.807) is 0 Å². The highest BCUT2D eigenvalue weighted by Crippen LogP contribution is 2.33. The van der Waals surface area contributed by atoms with E-state index in [1.165, 1.54) is 17.7 Å². The number of nitrogens with zero attached hydrogens (tertiary/aromatic N) is 2. The van der Waals surface area contributed by atoms with Crippen LogP contribution in [0, 0.1) is 0 Å². The molecule has 1 saturated heterocycles. The van der Waals surface area contributed by atoms with Crippen molar-refractivity contribution in [2.24, 2.45) is 0 Å². The summed E-state index contributed by atoms with van der Waals surface area (Å²) in [5.74, 6) is 0. The molecule has 1 spiro atoms. The topological polar surface area (TPSA) is 20.2 Å². The van der Waals surface area contributed by atoms with E-state index in [9.17, 15) is 0 Å². The molecular weight excluding hydrogens is 362 g/mol. The molecule has 2 aromatic rings. The summed E-state index contributed by atoms with van der Waals surface area (Å²) in [4.78, 5) is 2.54. The maximum atomic E-state index is 6.24. The standard InChI is InChI=1S/C17H19BrClN3/c18-15-4-3-13(8-16(15)19)9-21-10-14-2-1-7-22(14)17(12-21)5-6-20-11-17/h1-4,7-8,20H,5-6,9-12H2. The van der Waals surface area contributed by atoms with E-state index in [0.717, 1.165) is 42.2 Å². The van der Waals surface area contributed by atoms with Crippen molar-refractivity contribution in [3.05, 3.63) is 57.3 Å². The van der Waals surface area contributed by atoms with Gasteiger partial charge in [0.2, 0.25) is 0 Å². The van der Waals surface area contributed by atoms with Crippen molar-refractivity contribution < 1.29 is 0 Å². The normalized spacial score (nSPS) is 24.8. The molecule has 1 aromatic carbocycles. The molecule has 116 valence electrons. The number of rotatable bonds is 2. The van der Waals surface area contributed by atoms with Crippen LogP contribution in [0.1, 0.15) is 17.7 Å². The highest BCUT2D eigenvalue weighted by atomic mass is 79.9. The van der Waals surface area contributed by atoms with Gasteiger partial charge in [0, 0.05) is 42.5 Å². The molecule has 1 aromatic heterocycles. The summed E-state index contributed by atoms with van der Waals surface area (Å²) in [6, 6.07) is 10.7. The van der Waals surface area contributed by atoms with Crippen LogP contribution < -0.4 is 5.32 Å². The van der Waals surface area contributed by atoms with Crippen LogP contribution >= 0.6 is 27.5 Å². The molecule has 1 unspecified atom stereocenters. The molecule has 1 N–H and O–H groups in total. The fraction of sp³-hybridized carbons (Fsp3) is 0.412. The Kier molecular flexibility index (Phi) is 3.81. The lowest BCUT2D eigenvalue weighted by atomic mass is 9.94. The number of nitrogens with one attached hydrogen (secondary N) is 1. The minimum Gasteiger partial charge on any atom is -0.342 e.